The van der Waals surface area contributed by atoms with Gasteiger partial charge in [-0.25, -0.2) is 0 Å². The molecule has 0 spiro atoms. The number of piperazine rings is 1. The fourth-order valence-corrected chi connectivity index (χ4v) is 2.31. The zero-order valence-corrected chi connectivity index (χ0v) is 13.4. The molecule has 1 heterocycles. The van der Waals surface area contributed by atoms with Gasteiger partial charge in [-0.2, -0.15) is 0 Å². The summed E-state index contributed by atoms with van der Waals surface area (Å²) in [6.07, 6.45) is 0. The van der Waals surface area contributed by atoms with Gasteiger partial charge >= 0.3 is 0 Å². The molecule has 0 radical (unpaired) electrons. The van der Waals surface area contributed by atoms with E-state index in [4.69, 9.17) is 0 Å². The first-order valence-corrected chi connectivity index (χ1v) is 6.83. The molecule has 1 fully saturated rings. The molecule has 1 aromatic rings. The fraction of sp³-hybridized carbons (Fsp3) is 0.467. The van der Waals surface area contributed by atoms with Crippen molar-refractivity contribution in [2.24, 2.45) is 0 Å². The van der Waals surface area contributed by atoms with Crippen LogP contribution in [0.2, 0.25) is 0 Å². The number of rotatable bonds is 2. The molecule has 1 aliphatic heterocycles. The first-order valence-electron chi connectivity index (χ1n) is 6.83. The third kappa shape index (κ3) is 4.19. The van der Waals surface area contributed by atoms with E-state index in [0.29, 0.717) is 17.2 Å². The van der Waals surface area contributed by atoms with Crippen LogP contribution in [0.1, 0.15) is 27.6 Å². The zero-order chi connectivity index (χ0) is 14.7. The lowest BCUT2D eigenvalue weighted by molar-refractivity contribution is 0.0708. The minimum atomic E-state index is -0.0557. The third-order valence-corrected chi connectivity index (χ3v) is 3.44. The Balaban J connectivity index is 0.00000220. The van der Waals surface area contributed by atoms with Crippen molar-refractivity contribution in [3.63, 3.8) is 0 Å². The molecule has 21 heavy (non-hydrogen) atoms. The van der Waals surface area contributed by atoms with Gasteiger partial charge in [-0.1, -0.05) is 0 Å². The number of amides is 2. The minimum absolute atomic E-state index is 0. The van der Waals surface area contributed by atoms with E-state index in [2.05, 4.69) is 12.2 Å². The van der Waals surface area contributed by atoms with Crippen LogP contribution in [0.4, 0.5) is 0 Å². The van der Waals surface area contributed by atoms with E-state index in [1.807, 2.05) is 4.90 Å². The summed E-state index contributed by atoms with van der Waals surface area (Å²) in [5.74, 6) is -0.0259. The molecule has 1 saturated heterocycles. The van der Waals surface area contributed by atoms with Gasteiger partial charge in [0.2, 0.25) is 0 Å². The number of hydrogen-bond donors (Lipinski definition) is 1. The lowest BCUT2D eigenvalue weighted by Crippen LogP contribution is -2.51. The summed E-state index contributed by atoms with van der Waals surface area (Å²) < 4.78 is 0. The summed E-state index contributed by atoms with van der Waals surface area (Å²) >= 11 is 0. The number of nitrogens with one attached hydrogen (secondary N) is 1. The summed E-state index contributed by atoms with van der Waals surface area (Å²) in [6, 6.07) is 7.20. The van der Waals surface area contributed by atoms with E-state index in [1.165, 1.54) is 4.90 Å². The van der Waals surface area contributed by atoms with Crippen molar-refractivity contribution in [2.45, 2.75) is 13.0 Å². The van der Waals surface area contributed by atoms with Crippen LogP contribution in [0.3, 0.4) is 0 Å². The lowest BCUT2D eigenvalue weighted by Gasteiger charge is -2.32. The molecule has 5 nitrogen and oxygen atoms in total. The Morgan fingerprint density at radius 2 is 1.76 bits per heavy atom. The number of halogens is 1. The van der Waals surface area contributed by atoms with Crippen molar-refractivity contribution in [1.82, 2.24) is 15.1 Å². The SMILES string of the molecule is CC1CN(C(=O)c2ccc(C(=O)N(C)C)cc2)CCN1.Cl. The third-order valence-electron chi connectivity index (χ3n) is 3.44. The van der Waals surface area contributed by atoms with E-state index in [9.17, 15) is 9.59 Å². The summed E-state index contributed by atoms with van der Waals surface area (Å²) in [6.45, 7) is 4.33. The Bertz CT molecular complexity index is 502. The monoisotopic (exact) mass is 311 g/mol. The van der Waals surface area contributed by atoms with Crippen molar-refractivity contribution in [3.8, 4) is 0 Å². The van der Waals surface area contributed by atoms with Crippen LogP contribution in [-0.2, 0) is 0 Å². The van der Waals surface area contributed by atoms with Gasteiger partial charge in [-0.15, -0.1) is 12.4 Å². The highest BCUT2D eigenvalue weighted by Gasteiger charge is 2.21. The smallest absolute Gasteiger partial charge is 0.253 e. The van der Waals surface area contributed by atoms with Crippen LogP contribution in [0.25, 0.3) is 0 Å². The highest BCUT2D eigenvalue weighted by molar-refractivity contribution is 5.97. The van der Waals surface area contributed by atoms with Gasteiger partial charge in [0.25, 0.3) is 11.8 Å². The van der Waals surface area contributed by atoms with Crippen LogP contribution in [0.5, 0.6) is 0 Å². The molecule has 0 bridgehead atoms. The van der Waals surface area contributed by atoms with Gasteiger partial charge in [0.1, 0.15) is 0 Å². The Kier molecular flexibility index (Phi) is 6.18. The molecule has 1 aliphatic rings. The number of hydrogen-bond acceptors (Lipinski definition) is 3. The molecule has 2 amide bonds. The maximum atomic E-state index is 12.4. The predicted octanol–water partition coefficient (Wildman–Crippen LogP) is 1.24. The summed E-state index contributed by atoms with van der Waals surface area (Å²) in [5.41, 5.74) is 1.23. The van der Waals surface area contributed by atoms with E-state index < -0.39 is 0 Å². The van der Waals surface area contributed by atoms with E-state index >= 15 is 0 Å². The molecule has 1 unspecified atom stereocenters. The Morgan fingerprint density at radius 3 is 2.29 bits per heavy atom. The van der Waals surface area contributed by atoms with Gasteiger partial charge in [0, 0.05) is 50.9 Å². The van der Waals surface area contributed by atoms with Crippen molar-refractivity contribution in [1.29, 1.82) is 0 Å². The van der Waals surface area contributed by atoms with Crippen molar-refractivity contribution < 1.29 is 9.59 Å². The average molecular weight is 312 g/mol. The van der Waals surface area contributed by atoms with Crippen LogP contribution in [-0.4, -0.2) is 61.4 Å². The Labute approximate surface area is 131 Å². The molecule has 1 atom stereocenters. The second-order valence-corrected chi connectivity index (χ2v) is 5.38. The standard InChI is InChI=1S/C15H21N3O2.ClH/c1-11-10-18(9-8-16-11)15(20)13-6-4-12(5-7-13)14(19)17(2)3;/h4-7,11,16H,8-10H2,1-3H3;1H. The largest absolute Gasteiger partial charge is 0.345 e. The molecule has 6 heteroatoms. The minimum Gasteiger partial charge on any atom is -0.345 e. The van der Waals surface area contributed by atoms with Gasteiger partial charge in [0.15, 0.2) is 0 Å². The topological polar surface area (TPSA) is 52.7 Å². The molecule has 2 rings (SSSR count). The van der Waals surface area contributed by atoms with Gasteiger partial charge in [-0.05, 0) is 31.2 Å². The molecular weight excluding hydrogens is 290 g/mol. The molecular formula is C15H22ClN3O2. The van der Waals surface area contributed by atoms with Crippen molar-refractivity contribution in [3.05, 3.63) is 35.4 Å². The first-order chi connectivity index (χ1) is 9.49. The quantitative estimate of drug-likeness (QED) is 0.894. The van der Waals surface area contributed by atoms with Crippen molar-refractivity contribution >= 4 is 24.2 Å². The second kappa shape index (κ2) is 7.43. The number of carbonyl (C=O) groups excluding carboxylic acids is 2. The van der Waals surface area contributed by atoms with Crippen LogP contribution in [0.15, 0.2) is 24.3 Å². The molecule has 116 valence electrons. The first kappa shape index (κ1) is 17.5. The van der Waals surface area contributed by atoms with Crippen LogP contribution < -0.4 is 5.32 Å². The van der Waals surface area contributed by atoms with Gasteiger partial charge < -0.3 is 15.1 Å². The zero-order valence-electron chi connectivity index (χ0n) is 12.6. The predicted molar refractivity (Wildman–Crippen MR) is 85.1 cm³/mol. The van der Waals surface area contributed by atoms with E-state index in [0.717, 1.165) is 19.6 Å². The molecule has 0 saturated carbocycles. The number of benzene rings is 1. The second-order valence-electron chi connectivity index (χ2n) is 5.38. The Morgan fingerprint density at radius 1 is 1.19 bits per heavy atom. The van der Waals surface area contributed by atoms with Crippen molar-refractivity contribution in [2.75, 3.05) is 33.7 Å². The summed E-state index contributed by atoms with van der Waals surface area (Å²) in [5, 5.41) is 3.31. The average Bonchev–Trinajstić information content (AvgIpc) is 2.46. The number of carbonyl (C=O) groups is 2. The normalized spacial score (nSPS) is 17.9. The number of nitrogens with zero attached hydrogens (tertiary/aromatic N) is 2. The van der Waals surface area contributed by atoms with Crippen LogP contribution >= 0.6 is 12.4 Å². The van der Waals surface area contributed by atoms with E-state index in [-0.39, 0.29) is 24.2 Å². The maximum absolute atomic E-state index is 12.4. The Hall–Kier alpha value is -1.59. The highest BCUT2D eigenvalue weighted by atomic mass is 35.5. The molecule has 0 aromatic heterocycles. The van der Waals surface area contributed by atoms with Crippen LogP contribution in [0, 0.1) is 0 Å². The lowest BCUT2D eigenvalue weighted by atomic mass is 10.1. The molecule has 1 aromatic carbocycles. The van der Waals surface area contributed by atoms with E-state index in [1.54, 1.807) is 38.4 Å². The molecule has 0 aliphatic carbocycles. The van der Waals surface area contributed by atoms with Gasteiger partial charge in [-0.3, -0.25) is 9.59 Å². The summed E-state index contributed by atoms with van der Waals surface area (Å²) in [4.78, 5) is 27.5. The molecule has 1 N–H and O–H groups in total. The highest BCUT2D eigenvalue weighted by Crippen LogP contribution is 2.11. The maximum Gasteiger partial charge on any atom is 0.253 e. The van der Waals surface area contributed by atoms with Gasteiger partial charge in [0.05, 0.1) is 0 Å². The summed E-state index contributed by atoms with van der Waals surface area (Å²) in [7, 11) is 3.42. The fourth-order valence-electron chi connectivity index (χ4n) is 2.31.